The standard InChI is InChI=1S/C10H12BrF4NOS/c11-8-2-1-7(18-8)3-6(16)4-17-5-10(14,15)9(12)13/h1-2,6,9H,3-5,16H2. The molecule has 1 aromatic rings. The van der Waals surface area contributed by atoms with Crippen LogP contribution in [0.3, 0.4) is 0 Å². The molecule has 2 N–H and O–H groups in total. The zero-order valence-electron chi connectivity index (χ0n) is 9.21. The molecule has 0 saturated heterocycles. The SMILES string of the molecule is NC(COCC(F)(F)C(F)F)Cc1ccc(Br)s1. The highest BCUT2D eigenvalue weighted by Gasteiger charge is 2.41. The second kappa shape index (κ2) is 6.83. The van der Waals surface area contributed by atoms with Crippen LogP contribution in [-0.4, -0.2) is 31.6 Å². The number of rotatable bonds is 7. The molecular formula is C10H12BrF4NOS. The second-order valence-corrected chi connectivity index (χ2v) is 6.29. The first-order valence-corrected chi connectivity index (χ1v) is 6.65. The van der Waals surface area contributed by atoms with Crippen molar-refractivity contribution in [3.63, 3.8) is 0 Å². The number of hydrogen-bond acceptors (Lipinski definition) is 3. The molecule has 1 aromatic heterocycles. The van der Waals surface area contributed by atoms with Gasteiger partial charge in [0, 0.05) is 10.9 Å². The van der Waals surface area contributed by atoms with Gasteiger partial charge >= 0.3 is 12.3 Å². The molecule has 0 bridgehead atoms. The van der Waals surface area contributed by atoms with Crippen molar-refractivity contribution in [3.8, 4) is 0 Å². The minimum Gasteiger partial charge on any atom is -0.373 e. The minimum atomic E-state index is -4.12. The van der Waals surface area contributed by atoms with E-state index in [-0.39, 0.29) is 6.61 Å². The van der Waals surface area contributed by atoms with Crippen molar-refractivity contribution < 1.29 is 22.3 Å². The molecule has 0 spiro atoms. The molecule has 0 aromatic carbocycles. The molecule has 0 amide bonds. The first-order valence-electron chi connectivity index (χ1n) is 5.05. The van der Waals surface area contributed by atoms with E-state index in [4.69, 9.17) is 5.73 Å². The van der Waals surface area contributed by atoms with Gasteiger partial charge in [-0.3, -0.25) is 0 Å². The summed E-state index contributed by atoms with van der Waals surface area (Å²) in [6.07, 6.45) is -3.27. The van der Waals surface area contributed by atoms with Gasteiger partial charge in [-0.2, -0.15) is 8.78 Å². The number of ether oxygens (including phenoxy) is 1. The van der Waals surface area contributed by atoms with E-state index in [0.717, 1.165) is 8.66 Å². The molecule has 104 valence electrons. The van der Waals surface area contributed by atoms with Gasteiger partial charge in [0.1, 0.15) is 6.61 Å². The van der Waals surface area contributed by atoms with Crippen LogP contribution in [0.1, 0.15) is 4.88 Å². The third-order valence-electron chi connectivity index (χ3n) is 2.04. The zero-order valence-corrected chi connectivity index (χ0v) is 11.6. The van der Waals surface area contributed by atoms with Gasteiger partial charge in [0.2, 0.25) is 0 Å². The van der Waals surface area contributed by atoms with Gasteiger partial charge in [-0.25, -0.2) is 8.78 Å². The summed E-state index contributed by atoms with van der Waals surface area (Å²) in [6, 6.07) is 3.20. The Hall–Kier alpha value is -0.180. The molecule has 0 fully saturated rings. The lowest BCUT2D eigenvalue weighted by Crippen LogP contribution is -2.36. The van der Waals surface area contributed by atoms with Crippen molar-refractivity contribution in [2.24, 2.45) is 5.73 Å². The average molecular weight is 350 g/mol. The maximum Gasteiger partial charge on any atom is 0.330 e. The van der Waals surface area contributed by atoms with Crippen molar-refractivity contribution in [3.05, 3.63) is 20.8 Å². The van der Waals surface area contributed by atoms with Crippen LogP contribution in [0.15, 0.2) is 15.9 Å². The molecule has 1 unspecified atom stereocenters. The summed E-state index contributed by atoms with van der Waals surface area (Å²) in [5.41, 5.74) is 5.65. The normalized spacial score (nSPS) is 14.2. The predicted molar refractivity (Wildman–Crippen MR) is 65.5 cm³/mol. The fraction of sp³-hybridized carbons (Fsp3) is 0.600. The summed E-state index contributed by atoms with van der Waals surface area (Å²) in [5, 5.41) is 0. The van der Waals surface area contributed by atoms with E-state index < -0.39 is 25.0 Å². The average Bonchev–Trinajstić information content (AvgIpc) is 2.63. The Morgan fingerprint density at radius 1 is 1.39 bits per heavy atom. The summed E-state index contributed by atoms with van der Waals surface area (Å²) < 4.78 is 54.1. The Morgan fingerprint density at radius 2 is 2.06 bits per heavy atom. The molecule has 2 nitrogen and oxygen atoms in total. The quantitative estimate of drug-likeness (QED) is 0.766. The predicted octanol–water partition coefficient (Wildman–Crippen LogP) is 3.30. The fourth-order valence-corrected chi connectivity index (χ4v) is 2.76. The van der Waals surface area contributed by atoms with Crippen LogP contribution in [0.4, 0.5) is 17.6 Å². The smallest absolute Gasteiger partial charge is 0.330 e. The first kappa shape index (κ1) is 15.9. The molecule has 18 heavy (non-hydrogen) atoms. The largest absolute Gasteiger partial charge is 0.373 e. The van der Waals surface area contributed by atoms with Crippen LogP contribution in [0, 0.1) is 0 Å². The minimum absolute atomic E-state index is 0.183. The molecule has 0 aliphatic rings. The summed E-state index contributed by atoms with van der Waals surface area (Å²) in [5.74, 6) is -4.12. The molecule has 8 heteroatoms. The van der Waals surface area contributed by atoms with E-state index in [9.17, 15) is 17.6 Å². The highest BCUT2D eigenvalue weighted by Crippen LogP contribution is 2.24. The molecule has 1 rings (SSSR count). The summed E-state index contributed by atoms with van der Waals surface area (Å²) in [4.78, 5) is 0.971. The Labute approximate surface area is 114 Å². The van der Waals surface area contributed by atoms with Crippen molar-refractivity contribution >= 4 is 27.3 Å². The number of hydrogen-bond donors (Lipinski definition) is 1. The van der Waals surface area contributed by atoms with Gasteiger partial charge < -0.3 is 10.5 Å². The lowest BCUT2D eigenvalue weighted by molar-refractivity contribution is -0.166. The molecular weight excluding hydrogens is 338 g/mol. The number of nitrogens with two attached hydrogens (primary N) is 1. The Kier molecular flexibility index (Phi) is 6.03. The van der Waals surface area contributed by atoms with E-state index in [0.29, 0.717) is 6.42 Å². The summed E-state index contributed by atoms with van der Waals surface area (Å²) in [6.45, 7) is -1.50. The van der Waals surface area contributed by atoms with Gasteiger partial charge in [0.15, 0.2) is 0 Å². The van der Waals surface area contributed by atoms with E-state index in [1.165, 1.54) is 11.3 Å². The third kappa shape index (κ3) is 5.21. The van der Waals surface area contributed by atoms with Gasteiger partial charge in [0.05, 0.1) is 10.4 Å². The number of halogens is 5. The van der Waals surface area contributed by atoms with Gasteiger partial charge in [0.25, 0.3) is 0 Å². The van der Waals surface area contributed by atoms with Gasteiger partial charge in [-0.1, -0.05) is 0 Å². The van der Waals surface area contributed by atoms with Crippen LogP contribution >= 0.6 is 27.3 Å². The van der Waals surface area contributed by atoms with Crippen molar-refractivity contribution in [2.75, 3.05) is 13.2 Å². The highest BCUT2D eigenvalue weighted by atomic mass is 79.9. The monoisotopic (exact) mass is 349 g/mol. The Morgan fingerprint density at radius 3 is 2.56 bits per heavy atom. The van der Waals surface area contributed by atoms with Crippen LogP contribution < -0.4 is 5.73 Å². The number of alkyl halides is 4. The van der Waals surface area contributed by atoms with Crippen LogP contribution in [0.5, 0.6) is 0 Å². The second-order valence-electron chi connectivity index (χ2n) is 3.75. The van der Waals surface area contributed by atoms with E-state index in [1.54, 1.807) is 0 Å². The van der Waals surface area contributed by atoms with Crippen LogP contribution in [0.2, 0.25) is 0 Å². The van der Waals surface area contributed by atoms with Crippen LogP contribution in [-0.2, 0) is 11.2 Å². The van der Waals surface area contributed by atoms with Gasteiger partial charge in [-0.15, -0.1) is 11.3 Å². The summed E-state index contributed by atoms with van der Waals surface area (Å²) >= 11 is 4.75. The van der Waals surface area contributed by atoms with E-state index in [2.05, 4.69) is 20.7 Å². The molecule has 0 aliphatic heterocycles. The van der Waals surface area contributed by atoms with E-state index in [1.807, 2.05) is 12.1 Å². The Balaban J connectivity index is 2.27. The van der Waals surface area contributed by atoms with Crippen molar-refractivity contribution in [1.82, 2.24) is 0 Å². The molecule has 0 radical (unpaired) electrons. The molecule has 0 saturated carbocycles. The third-order valence-corrected chi connectivity index (χ3v) is 3.68. The van der Waals surface area contributed by atoms with Gasteiger partial charge in [-0.05, 0) is 34.5 Å². The zero-order chi connectivity index (χ0) is 13.8. The van der Waals surface area contributed by atoms with Crippen LogP contribution in [0.25, 0.3) is 0 Å². The first-order chi connectivity index (χ1) is 8.31. The lowest BCUT2D eigenvalue weighted by atomic mass is 10.2. The fourth-order valence-electron chi connectivity index (χ4n) is 1.19. The number of thiophene rings is 1. The molecule has 1 heterocycles. The maximum absolute atomic E-state index is 12.5. The maximum atomic E-state index is 12.5. The lowest BCUT2D eigenvalue weighted by Gasteiger charge is -2.17. The highest BCUT2D eigenvalue weighted by molar-refractivity contribution is 9.11. The topological polar surface area (TPSA) is 35.2 Å². The van der Waals surface area contributed by atoms with Crippen molar-refractivity contribution in [1.29, 1.82) is 0 Å². The molecule has 0 aliphatic carbocycles. The summed E-state index contributed by atoms with van der Waals surface area (Å²) in [7, 11) is 0. The van der Waals surface area contributed by atoms with Crippen molar-refractivity contribution in [2.45, 2.75) is 24.8 Å². The Bertz CT molecular complexity index is 375. The van der Waals surface area contributed by atoms with E-state index >= 15 is 0 Å². The molecule has 1 atom stereocenters.